The second-order valence-corrected chi connectivity index (χ2v) is 7.93. The molecule has 27 heavy (non-hydrogen) atoms. The first kappa shape index (κ1) is 17.9. The molecule has 4 N–H and O–H groups in total. The predicted molar refractivity (Wildman–Crippen MR) is 107 cm³/mol. The van der Waals surface area contributed by atoms with Crippen molar-refractivity contribution >= 4 is 28.9 Å². The Morgan fingerprint density at radius 1 is 1.22 bits per heavy atom. The highest BCUT2D eigenvalue weighted by atomic mass is 32.2. The summed E-state index contributed by atoms with van der Waals surface area (Å²) in [7, 11) is 0. The molecular weight excluding hydrogens is 362 g/mol. The van der Waals surface area contributed by atoms with Gasteiger partial charge in [-0.1, -0.05) is 24.3 Å². The van der Waals surface area contributed by atoms with E-state index in [1.54, 1.807) is 18.2 Å². The summed E-state index contributed by atoms with van der Waals surface area (Å²) in [5.41, 5.74) is 8.45. The van der Waals surface area contributed by atoms with Crippen molar-refractivity contribution in [2.75, 3.05) is 11.5 Å². The molecule has 2 heterocycles. The predicted octanol–water partition coefficient (Wildman–Crippen LogP) is 3.86. The summed E-state index contributed by atoms with van der Waals surface area (Å²) >= 11 is 1.96. The smallest absolute Gasteiger partial charge is 0.409 e. The molecular formula is C20H21N3O3S. The van der Waals surface area contributed by atoms with E-state index < -0.39 is 12.2 Å². The van der Waals surface area contributed by atoms with Gasteiger partial charge in [-0.2, -0.15) is 11.8 Å². The topological polar surface area (TPSA) is 101 Å². The average molecular weight is 383 g/mol. The molecule has 1 atom stereocenters. The number of aliphatic hydroxyl groups excluding tert-OH is 1. The third kappa shape index (κ3) is 3.94. The number of carbonyl (C=O) groups is 1. The van der Waals surface area contributed by atoms with E-state index in [9.17, 15) is 9.90 Å². The number of thioether (sulfide) groups is 1. The maximum atomic E-state index is 10.9. The zero-order valence-electron chi connectivity index (χ0n) is 14.7. The number of aromatic nitrogens is 2. The Balaban J connectivity index is 1.55. The lowest BCUT2D eigenvalue weighted by atomic mass is 9.90. The van der Waals surface area contributed by atoms with Crippen LogP contribution in [0.25, 0.3) is 22.4 Å². The zero-order chi connectivity index (χ0) is 18.8. The van der Waals surface area contributed by atoms with Gasteiger partial charge in [-0.3, -0.25) is 0 Å². The fourth-order valence-corrected chi connectivity index (χ4v) is 4.59. The fraction of sp³-hybridized carbons (Fsp3) is 0.300. The number of hydrogen-bond acceptors (Lipinski definition) is 5. The Morgan fingerprint density at radius 2 is 1.96 bits per heavy atom. The molecule has 1 unspecified atom stereocenters. The van der Waals surface area contributed by atoms with Gasteiger partial charge >= 0.3 is 6.09 Å². The fourth-order valence-electron chi connectivity index (χ4n) is 3.44. The van der Waals surface area contributed by atoms with E-state index >= 15 is 0 Å². The molecule has 0 bridgehead atoms. The molecule has 2 aromatic carbocycles. The molecule has 1 saturated heterocycles. The Hall–Kier alpha value is -2.51. The van der Waals surface area contributed by atoms with E-state index in [2.05, 4.69) is 9.97 Å². The van der Waals surface area contributed by atoms with Crippen molar-refractivity contribution in [1.82, 2.24) is 9.97 Å². The second kappa shape index (κ2) is 7.62. The van der Waals surface area contributed by atoms with Crippen LogP contribution >= 0.6 is 11.8 Å². The van der Waals surface area contributed by atoms with Crippen LogP contribution in [-0.4, -0.2) is 32.7 Å². The van der Waals surface area contributed by atoms with E-state index in [0.29, 0.717) is 17.2 Å². The van der Waals surface area contributed by atoms with Gasteiger partial charge in [-0.15, -0.1) is 0 Å². The van der Waals surface area contributed by atoms with Gasteiger partial charge in [0, 0.05) is 11.6 Å². The highest BCUT2D eigenvalue weighted by Crippen LogP contribution is 2.34. The Bertz CT molecular complexity index is 949. The number of primary amides is 1. The van der Waals surface area contributed by atoms with Crippen LogP contribution in [0.5, 0.6) is 5.75 Å². The van der Waals surface area contributed by atoms with Crippen molar-refractivity contribution in [3.05, 3.63) is 48.0 Å². The molecule has 6 nitrogen and oxygen atoms in total. The molecule has 0 spiro atoms. The van der Waals surface area contributed by atoms with Crippen LogP contribution in [0.3, 0.4) is 0 Å². The maximum absolute atomic E-state index is 10.9. The summed E-state index contributed by atoms with van der Waals surface area (Å²) in [5, 5.41) is 10.6. The number of nitrogens with two attached hydrogens (primary N) is 1. The molecule has 7 heteroatoms. The van der Waals surface area contributed by atoms with E-state index in [1.165, 1.54) is 0 Å². The number of aliphatic hydroxyl groups is 1. The lowest BCUT2D eigenvalue weighted by molar-refractivity contribution is 0.103. The minimum absolute atomic E-state index is 0.340. The Morgan fingerprint density at radius 3 is 2.67 bits per heavy atom. The summed E-state index contributed by atoms with van der Waals surface area (Å²) in [4.78, 5) is 18.7. The van der Waals surface area contributed by atoms with E-state index in [0.717, 1.165) is 46.8 Å². The first-order valence-corrected chi connectivity index (χ1v) is 10.1. The maximum Gasteiger partial charge on any atom is 0.409 e. The number of benzene rings is 2. The van der Waals surface area contributed by atoms with Crippen LogP contribution in [0.4, 0.5) is 4.79 Å². The molecule has 1 fully saturated rings. The van der Waals surface area contributed by atoms with Gasteiger partial charge in [-0.05, 0) is 48.0 Å². The number of hydrogen-bond donors (Lipinski definition) is 3. The lowest BCUT2D eigenvalue weighted by Gasteiger charge is -2.26. The third-order valence-electron chi connectivity index (χ3n) is 4.91. The molecule has 1 aromatic heterocycles. The highest BCUT2D eigenvalue weighted by Gasteiger charge is 2.23. The summed E-state index contributed by atoms with van der Waals surface area (Å²) in [6, 6.07) is 13.0. The number of amides is 1. The third-order valence-corrected chi connectivity index (χ3v) is 5.96. The van der Waals surface area contributed by atoms with Crippen molar-refractivity contribution < 1.29 is 14.6 Å². The van der Waals surface area contributed by atoms with Crippen molar-refractivity contribution in [3.63, 3.8) is 0 Å². The number of rotatable bonds is 4. The molecule has 1 aliphatic heterocycles. The molecule has 140 valence electrons. The summed E-state index contributed by atoms with van der Waals surface area (Å²) < 4.78 is 4.89. The van der Waals surface area contributed by atoms with Crippen molar-refractivity contribution in [3.8, 4) is 17.1 Å². The average Bonchev–Trinajstić information content (AvgIpc) is 3.11. The lowest BCUT2D eigenvalue weighted by Crippen LogP contribution is -2.18. The van der Waals surface area contributed by atoms with E-state index in [-0.39, 0.29) is 0 Å². The number of nitrogens with zero attached hydrogens (tertiary/aromatic N) is 1. The van der Waals surface area contributed by atoms with Gasteiger partial charge < -0.3 is 20.6 Å². The van der Waals surface area contributed by atoms with Gasteiger partial charge in [0.2, 0.25) is 0 Å². The minimum atomic E-state index is -0.851. The van der Waals surface area contributed by atoms with Crippen molar-refractivity contribution in [2.24, 2.45) is 11.7 Å². The van der Waals surface area contributed by atoms with Crippen molar-refractivity contribution in [2.45, 2.75) is 18.9 Å². The first-order chi connectivity index (χ1) is 13.1. The second-order valence-electron chi connectivity index (χ2n) is 6.70. The van der Waals surface area contributed by atoms with Gasteiger partial charge in [0.15, 0.2) is 0 Å². The van der Waals surface area contributed by atoms with Crippen LogP contribution < -0.4 is 10.5 Å². The van der Waals surface area contributed by atoms with Gasteiger partial charge in [0.1, 0.15) is 11.6 Å². The monoisotopic (exact) mass is 383 g/mol. The molecule has 0 aliphatic carbocycles. The van der Waals surface area contributed by atoms with Gasteiger partial charge in [0.05, 0.1) is 17.1 Å². The molecule has 0 saturated carbocycles. The van der Waals surface area contributed by atoms with Crippen LogP contribution in [0.15, 0.2) is 42.5 Å². The number of nitrogens with one attached hydrogen (secondary N) is 1. The summed E-state index contributed by atoms with van der Waals surface area (Å²) in [6.07, 6.45) is 0.861. The Kier molecular flexibility index (Phi) is 5.05. The largest absolute Gasteiger partial charge is 0.410 e. The SMILES string of the molecule is NC(=O)Oc1ccc2[nH]c(-c3ccc(C(O)C4CCSCC4)cc3)nc2c1. The van der Waals surface area contributed by atoms with Crippen LogP contribution in [0, 0.1) is 5.92 Å². The van der Waals surface area contributed by atoms with Gasteiger partial charge in [-0.25, -0.2) is 9.78 Å². The number of imidazole rings is 1. The van der Waals surface area contributed by atoms with Gasteiger partial charge in [0.25, 0.3) is 0 Å². The standard InChI is InChI=1S/C20H21N3O3S/c21-20(25)26-15-5-6-16-17(11-15)23-19(22-16)14-3-1-12(2-4-14)18(24)13-7-9-27-10-8-13/h1-6,11,13,18,24H,7-10H2,(H2,21,25)(H,22,23). The van der Waals surface area contributed by atoms with E-state index in [1.807, 2.05) is 36.0 Å². The molecule has 0 radical (unpaired) electrons. The van der Waals surface area contributed by atoms with Crippen LogP contribution in [0.2, 0.25) is 0 Å². The van der Waals surface area contributed by atoms with Crippen molar-refractivity contribution in [1.29, 1.82) is 0 Å². The highest BCUT2D eigenvalue weighted by molar-refractivity contribution is 7.99. The first-order valence-electron chi connectivity index (χ1n) is 8.93. The quantitative estimate of drug-likeness (QED) is 0.635. The van der Waals surface area contributed by atoms with E-state index in [4.69, 9.17) is 10.5 Å². The normalized spacial score (nSPS) is 16.3. The molecule has 1 aliphatic rings. The summed E-state index contributed by atoms with van der Waals surface area (Å²) in [5.74, 6) is 3.67. The van der Waals surface area contributed by atoms with Crippen LogP contribution in [0.1, 0.15) is 24.5 Å². The van der Waals surface area contributed by atoms with Crippen LogP contribution in [-0.2, 0) is 0 Å². The molecule has 3 aromatic rings. The number of carbonyl (C=O) groups excluding carboxylic acids is 1. The minimum Gasteiger partial charge on any atom is -0.410 e. The summed E-state index contributed by atoms with van der Waals surface area (Å²) in [6.45, 7) is 0. The number of fused-ring (bicyclic) bond motifs is 1. The Labute approximate surface area is 161 Å². The molecule has 1 amide bonds. The zero-order valence-corrected chi connectivity index (χ0v) is 15.5. The molecule has 4 rings (SSSR count). The number of ether oxygens (including phenoxy) is 1. The number of aromatic amines is 1. The number of H-pyrrole nitrogens is 1.